The molecule has 0 atom stereocenters. The smallest absolute Gasteiger partial charge is 0.267 e. The van der Waals surface area contributed by atoms with Gasteiger partial charge < -0.3 is 20.1 Å². The largest absolute Gasteiger partial charge is 0.493 e. The van der Waals surface area contributed by atoms with Crippen LogP contribution in [0.5, 0.6) is 11.5 Å². The number of amides is 1. The molecule has 0 aliphatic heterocycles. The number of hydrogen-bond acceptors (Lipinski definition) is 5. The van der Waals surface area contributed by atoms with Gasteiger partial charge in [0.15, 0.2) is 11.5 Å². The number of carbonyl (C=O) groups excluding carboxylic acids is 1. The lowest BCUT2D eigenvalue weighted by Gasteiger charge is -2.10. The molecular weight excluding hydrogens is 318 g/mol. The SMILES string of the molecule is COc1ccc(NC(=O)/C(C#N)=C\Nc2ccccc2C)cc1OC. The minimum absolute atomic E-state index is 0.0435. The Balaban J connectivity index is 2.14. The molecule has 0 heterocycles. The van der Waals surface area contributed by atoms with Gasteiger partial charge in [-0.25, -0.2) is 0 Å². The van der Waals surface area contributed by atoms with Crippen molar-refractivity contribution >= 4 is 17.3 Å². The molecule has 0 saturated carbocycles. The lowest BCUT2D eigenvalue weighted by Crippen LogP contribution is -2.14. The lowest BCUT2D eigenvalue weighted by atomic mass is 10.2. The molecule has 6 heteroatoms. The molecular formula is C19H19N3O3. The summed E-state index contributed by atoms with van der Waals surface area (Å²) >= 11 is 0. The molecule has 0 bridgehead atoms. The molecule has 2 aromatic rings. The van der Waals surface area contributed by atoms with Gasteiger partial charge in [-0.3, -0.25) is 4.79 Å². The molecule has 0 unspecified atom stereocenters. The highest BCUT2D eigenvalue weighted by Gasteiger charge is 2.11. The zero-order chi connectivity index (χ0) is 18.2. The molecule has 0 spiro atoms. The van der Waals surface area contributed by atoms with Gasteiger partial charge >= 0.3 is 0 Å². The van der Waals surface area contributed by atoms with Gasteiger partial charge in [0.25, 0.3) is 5.91 Å². The van der Waals surface area contributed by atoms with Crippen molar-refractivity contribution in [1.29, 1.82) is 5.26 Å². The highest BCUT2D eigenvalue weighted by molar-refractivity contribution is 6.06. The Morgan fingerprint density at radius 2 is 1.84 bits per heavy atom. The van der Waals surface area contributed by atoms with Crippen LogP contribution < -0.4 is 20.1 Å². The first kappa shape index (κ1) is 17.9. The highest BCUT2D eigenvalue weighted by Crippen LogP contribution is 2.29. The summed E-state index contributed by atoms with van der Waals surface area (Å²) in [4.78, 5) is 12.3. The number of nitrogens with one attached hydrogen (secondary N) is 2. The Morgan fingerprint density at radius 1 is 1.12 bits per heavy atom. The summed E-state index contributed by atoms with van der Waals surface area (Å²) in [7, 11) is 3.04. The number of carbonyl (C=O) groups is 1. The van der Waals surface area contributed by atoms with Crippen LogP contribution in [0.2, 0.25) is 0 Å². The molecule has 6 nitrogen and oxygen atoms in total. The van der Waals surface area contributed by atoms with Crippen molar-refractivity contribution < 1.29 is 14.3 Å². The van der Waals surface area contributed by atoms with E-state index in [2.05, 4.69) is 10.6 Å². The van der Waals surface area contributed by atoms with Crippen molar-refractivity contribution in [3.05, 3.63) is 59.8 Å². The van der Waals surface area contributed by atoms with E-state index in [1.54, 1.807) is 18.2 Å². The molecule has 0 aliphatic carbocycles. The first-order valence-electron chi connectivity index (χ1n) is 7.55. The number of rotatable bonds is 6. The van der Waals surface area contributed by atoms with Gasteiger partial charge in [-0.05, 0) is 30.7 Å². The van der Waals surface area contributed by atoms with Crippen molar-refractivity contribution in [1.82, 2.24) is 0 Å². The normalized spacial score (nSPS) is 10.6. The summed E-state index contributed by atoms with van der Waals surface area (Å²) in [5.74, 6) is 0.523. The number of hydrogen-bond donors (Lipinski definition) is 2. The van der Waals surface area contributed by atoms with Crippen LogP contribution in [-0.2, 0) is 4.79 Å². The summed E-state index contributed by atoms with van der Waals surface area (Å²) in [6, 6.07) is 14.5. The molecule has 1 amide bonds. The Morgan fingerprint density at radius 3 is 2.48 bits per heavy atom. The molecule has 2 aromatic carbocycles. The van der Waals surface area contributed by atoms with Crippen molar-refractivity contribution in [3.63, 3.8) is 0 Å². The fraction of sp³-hybridized carbons (Fsp3) is 0.158. The number of nitrogens with zero attached hydrogens (tertiary/aromatic N) is 1. The van der Waals surface area contributed by atoms with Crippen LogP contribution in [-0.4, -0.2) is 20.1 Å². The first-order chi connectivity index (χ1) is 12.1. The van der Waals surface area contributed by atoms with Crippen LogP contribution in [0.1, 0.15) is 5.56 Å². The van der Waals surface area contributed by atoms with E-state index in [0.29, 0.717) is 17.2 Å². The van der Waals surface area contributed by atoms with Gasteiger partial charge in [0.2, 0.25) is 0 Å². The van der Waals surface area contributed by atoms with Crippen LogP contribution in [0.25, 0.3) is 0 Å². The molecule has 2 N–H and O–H groups in total. The van der Waals surface area contributed by atoms with E-state index in [1.807, 2.05) is 37.3 Å². The number of aryl methyl sites for hydroxylation is 1. The van der Waals surface area contributed by atoms with Crippen LogP contribution in [0, 0.1) is 18.3 Å². The van der Waals surface area contributed by atoms with Crippen molar-refractivity contribution in [2.24, 2.45) is 0 Å². The summed E-state index contributed by atoms with van der Waals surface area (Å²) in [5.41, 5.74) is 2.29. The third-order valence-corrected chi connectivity index (χ3v) is 3.52. The fourth-order valence-electron chi connectivity index (χ4n) is 2.15. The maximum Gasteiger partial charge on any atom is 0.267 e. The molecule has 25 heavy (non-hydrogen) atoms. The van der Waals surface area contributed by atoms with Gasteiger partial charge in [0.1, 0.15) is 11.6 Å². The topological polar surface area (TPSA) is 83.4 Å². The third-order valence-electron chi connectivity index (χ3n) is 3.52. The maximum absolute atomic E-state index is 12.3. The summed E-state index contributed by atoms with van der Waals surface area (Å²) in [6.07, 6.45) is 1.39. The lowest BCUT2D eigenvalue weighted by molar-refractivity contribution is -0.112. The second kappa shape index (κ2) is 8.41. The Kier molecular flexibility index (Phi) is 6.02. The van der Waals surface area contributed by atoms with E-state index in [0.717, 1.165) is 11.3 Å². The quantitative estimate of drug-likeness (QED) is 0.623. The van der Waals surface area contributed by atoms with Crippen LogP contribution >= 0.6 is 0 Å². The second-order valence-electron chi connectivity index (χ2n) is 5.15. The fourth-order valence-corrected chi connectivity index (χ4v) is 2.15. The molecule has 0 aliphatic rings. The Hall–Kier alpha value is -3.46. The molecule has 0 fully saturated rings. The Labute approximate surface area is 146 Å². The van der Waals surface area contributed by atoms with E-state index in [-0.39, 0.29) is 5.57 Å². The third kappa shape index (κ3) is 4.52. The highest BCUT2D eigenvalue weighted by atomic mass is 16.5. The monoisotopic (exact) mass is 337 g/mol. The van der Waals surface area contributed by atoms with Crippen LogP contribution in [0.15, 0.2) is 54.2 Å². The van der Waals surface area contributed by atoms with Gasteiger partial charge in [0.05, 0.1) is 14.2 Å². The number of nitriles is 1. The molecule has 2 rings (SSSR count). The van der Waals surface area contributed by atoms with E-state index < -0.39 is 5.91 Å². The summed E-state index contributed by atoms with van der Waals surface area (Å²) < 4.78 is 10.3. The van der Waals surface area contributed by atoms with E-state index in [1.165, 1.54) is 20.4 Å². The van der Waals surface area contributed by atoms with Crippen LogP contribution in [0.4, 0.5) is 11.4 Å². The predicted octanol–water partition coefficient (Wildman–Crippen LogP) is 3.47. The molecule has 128 valence electrons. The molecule has 0 saturated heterocycles. The Bertz CT molecular complexity index is 838. The van der Waals surface area contributed by atoms with E-state index in [4.69, 9.17) is 9.47 Å². The van der Waals surface area contributed by atoms with E-state index >= 15 is 0 Å². The van der Waals surface area contributed by atoms with Gasteiger partial charge in [-0.1, -0.05) is 18.2 Å². The second-order valence-corrected chi connectivity index (χ2v) is 5.15. The van der Waals surface area contributed by atoms with Crippen molar-refractivity contribution in [2.45, 2.75) is 6.92 Å². The zero-order valence-corrected chi connectivity index (χ0v) is 14.3. The minimum Gasteiger partial charge on any atom is -0.493 e. The first-order valence-corrected chi connectivity index (χ1v) is 7.55. The van der Waals surface area contributed by atoms with Gasteiger partial charge in [-0.15, -0.1) is 0 Å². The number of para-hydroxylation sites is 1. The zero-order valence-electron chi connectivity index (χ0n) is 14.3. The van der Waals surface area contributed by atoms with E-state index in [9.17, 15) is 10.1 Å². The number of anilines is 2. The predicted molar refractivity (Wildman–Crippen MR) is 96.7 cm³/mol. The average molecular weight is 337 g/mol. The van der Waals surface area contributed by atoms with Crippen molar-refractivity contribution in [3.8, 4) is 17.6 Å². The average Bonchev–Trinajstić information content (AvgIpc) is 2.63. The summed E-state index contributed by atoms with van der Waals surface area (Å²) in [6.45, 7) is 1.94. The van der Waals surface area contributed by atoms with Gasteiger partial charge in [0, 0.05) is 23.6 Å². The number of methoxy groups -OCH3 is 2. The van der Waals surface area contributed by atoms with Gasteiger partial charge in [-0.2, -0.15) is 5.26 Å². The minimum atomic E-state index is -0.518. The molecule has 0 radical (unpaired) electrons. The number of ether oxygens (including phenoxy) is 2. The van der Waals surface area contributed by atoms with Crippen molar-refractivity contribution in [2.75, 3.05) is 24.9 Å². The summed E-state index contributed by atoms with van der Waals surface area (Å²) in [5, 5.41) is 14.9. The maximum atomic E-state index is 12.3. The van der Waals surface area contributed by atoms with Crippen LogP contribution in [0.3, 0.4) is 0 Å². The standard InChI is InChI=1S/C19H19N3O3/c1-13-6-4-5-7-16(13)21-12-14(11-20)19(23)22-15-8-9-17(24-2)18(10-15)25-3/h4-10,12,21H,1-3H3,(H,22,23)/b14-12-. The number of benzene rings is 2. The molecule has 0 aromatic heterocycles.